The fraction of sp³-hybridized carbons (Fsp3) is 0.429. The molecule has 1 aliphatic heterocycles. The van der Waals surface area contributed by atoms with Crippen LogP contribution < -0.4 is 4.90 Å². The lowest BCUT2D eigenvalue weighted by atomic mass is 10.0. The van der Waals surface area contributed by atoms with Crippen molar-refractivity contribution in [1.82, 2.24) is 0 Å². The van der Waals surface area contributed by atoms with Gasteiger partial charge in [-0.1, -0.05) is 22.0 Å². The van der Waals surface area contributed by atoms with Gasteiger partial charge in [0.2, 0.25) is 0 Å². The van der Waals surface area contributed by atoms with E-state index >= 15 is 0 Å². The predicted octanol–water partition coefficient (Wildman–Crippen LogP) is 3.01. The number of aryl methyl sites for hydroxylation is 1. The molecule has 0 aliphatic carbocycles. The number of rotatable bonds is 4. The zero-order chi connectivity index (χ0) is 13.3. The molecule has 0 fully saturated rings. The van der Waals surface area contributed by atoms with E-state index in [1.165, 1.54) is 0 Å². The highest BCUT2D eigenvalue weighted by Crippen LogP contribution is 2.34. The number of nitrogens with zero attached hydrogens (tertiary/aromatic N) is 1. The second-order valence-corrected chi connectivity index (χ2v) is 5.38. The molecule has 1 amide bonds. The lowest BCUT2D eigenvalue weighted by Crippen LogP contribution is -2.31. The molecule has 0 saturated heterocycles. The smallest absolute Gasteiger partial charge is 0.299 e. The first kappa shape index (κ1) is 13.3. The lowest BCUT2D eigenvalue weighted by Gasteiger charge is -2.19. The highest BCUT2D eigenvalue weighted by atomic mass is 79.9. The third-order valence-electron chi connectivity index (χ3n) is 3.42. The third kappa shape index (κ3) is 2.09. The lowest BCUT2D eigenvalue weighted by molar-refractivity contribution is -0.114. The fourth-order valence-electron chi connectivity index (χ4n) is 2.25. The summed E-state index contributed by atoms with van der Waals surface area (Å²) in [7, 11) is 0. The van der Waals surface area contributed by atoms with Crippen molar-refractivity contribution in [1.29, 1.82) is 0 Å². The van der Waals surface area contributed by atoms with Crippen molar-refractivity contribution in [3.8, 4) is 0 Å². The van der Waals surface area contributed by atoms with Gasteiger partial charge in [0.15, 0.2) is 0 Å². The molecule has 4 heteroatoms. The molecule has 1 aromatic carbocycles. The Hall–Kier alpha value is -1.16. The average molecular weight is 310 g/mol. The van der Waals surface area contributed by atoms with Gasteiger partial charge < -0.3 is 4.90 Å². The Morgan fingerprint density at radius 2 is 1.89 bits per heavy atom. The summed E-state index contributed by atoms with van der Waals surface area (Å²) < 4.78 is 0. The largest absolute Gasteiger partial charge is 0.304 e. The first-order chi connectivity index (χ1) is 8.57. The van der Waals surface area contributed by atoms with Crippen molar-refractivity contribution < 1.29 is 9.59 Å². The highest BCUT2D eigenvalue weighted by molar-refractivity contribution is 9.09. The summed E-state index contributed by atoms with van der Waals surface area (Å²) in [6, 6.07) is 3.67. The van der Waals surface area contributed by atoms with Crippen LogP contribution in [0.4, 0.5) is 5.69 Å². The second-order valence-electron chi connectivity index (χ2n) is 4.59. The topological polar surface area (TPSA) is 37.4 Å². The fourth-order valence-corrected chi connectivity index (χ4v) is 2.65. The van der Waals surface area contributed by atoms with E-state index in [0.29, 0.717) is 12.1 Å². The number of fused-ring (bicyclic) bond motifs is 1. The molecule has 0 spiro atoms. The van der Waals surface area contributed by atoms with Crippen LogP contribution in [-0.4, -0.2) is 23.6 Å². The van der Waals surface area contributed by atoms with Crippen molar-refractivity contribution in [2.24, 2.45) is 0 Å². The number of amides is 1. The summed E-state index contributed by atoms with van der Waals surface area (Å²) in [6.45, 7) is 4.59. The van der Waals surface area contributed by atoms with E-state index in [0.717, 1.165) is 35.0 Å². The number of halogens is 1. The number of carbonyl (C=O) groups excluding carboxylic acids is 2. The molecule has 18 heavy (non-hydrogen) atoms. The van der Waals surface area contributed by atoms with E-state index in [2.05, 4.69) is 15.9 Å². The second kappa shape index (κ2) is 5.22. The van der Waals surface area contributed by atoms with Gasteiger partial charge >= 0.3 is 0 Å². The Morgan fingerprint density at radius 1 is 1.17 bits per heavy atom. The molecule has 2 rings (SSSR count). The Labute approximate surface area is 115 Å². The minimum absolute atomic E-state index is 0.369. The monoisotopic (exact) mass is 309 g/mol. The van der Waals surface area contributed by atoms with E-state index in [-0.39, 0.29) is 11.7 Å². The van der Waals surface area contributed by atoms with Gasteiger partial charge in [-0.2, -0.15) is 0 Å². The van der Waals surface area contributed by atoms with E-state index in [9.17, 15) is 9.59 Å². The maximum absolute atomic E-state index is 12.0. The number of anilines is 1. The molecular formula is C14H16BrNO2. The SMILES string of the molecule is Cc1ccc2c(c1C)N(CCCCBr)C(=O)C2=O. The maximum Gasteiger partial charge on any atom is 0.299 e. The van der Waals surface area contributed by atoms with Crippen LogP contribution in [0.15, 0.2) is 12.1 Å². The van der Waals surface area contributed by atoms with Gasteiger partial charge in [0.05, 0.1) is 11.3 Å². The van der Waals surface area contributed by atoms with Crippen molar-refractivity contribution in [2.75, 3.05) is 16.8 Å². The van der Waals surface area contributed by atoms with Crippen LogP contribution in [0.5, 0.6) is 0 Å². The van der Waals surface area contributed by atoms with Gasteiger partial charge in [0.25, 0.3) is 11.7 Å². The standard InChI is InChI=1S/C14H16BrNO2/c1-9-5-6-11-12(10(9)2)16(8-4-3-7-15)14(18)13(11)17/h5-6H,3-4,7-8H2,1-2H3. The molecule has 96 valence electrons. The molecule has 0 bridgehead atoms. The first-order valence-corrected chi connectivity index (χ1v) is 7.22. The Morgan fingerprint density at radius 3 is 2.56 bits per heavy atom. The molecule has 1 aliphatic rings. The van der Waals surface area contributed by atoms with Crippen LogP contribution in [-0.2, 0) is 4.79 Å². The van der Waals surface area contributed by atoms with Gasteiger partial charge in [-0.3, -0.25) is 9.59 Å². The van der Waals surface area contributed by atoms with E-state index < -0.39 is 0 Å². The third-order valence-corrected chi connectivity index (χ3v) is 3.98. The summed E-state index contributed by atoms with van der Waals surface area (Å²) >= 11 is 3.37. The number of carbonyl (C=O) groups is 2. The van der Waals surface area contributed by atoms with Crippen LogP contribution in [0, 0.1) is 13.8 Å². The molecule has 0 N–H and O–H groups in total. The highest BCUT2D eigenvalue weighted by Gasteiger charge is 2.36. The Kier molecular flexibility index (Phi) is 3.85. The molecular weight excluding hydrogens is 294 g/mol. The average Bonchev–Trinajstić information content (AvgIpc) is 2.60. The zero-order valence-electron chi connectivity index (χ0n) is 10.6. The minimum Gasteiger partial charge on any atom is -0.304 e. The van der Waals surface area contributed by atoms with E-state index in [1.54, 1.807) is 11.0 Å². The number of benzene rings is 1. The van der Waals surface area contributed by atoms with Crippen LogP contribution in [0.2, 0.25) is 0 Å². The summed E-state index contributed by atoms with van der Waals surface area (Å²) in [6.07, 6.45) is 1.90. The summed E-state index contributed by atoms with van der Waals surface area (Å²) in [5.41, 5.74) is 3.52. The number of unbranched alkanes of at least 4 members (excludes halogenated alkanes) is 1. The van der Waals surface area contributed by atoms with Crippen molar-refractivity contribution in [3.05, 3.63) is 28.8 Å². The van der Waals surface area contributed by atoms with Crippen LogP contribution in [0.1, 0.15) is 34.3 Å². The molecule has 1 aromatic rings. The summed E-state index contributed by atoms with van der Waals surface area (Å²) in [5, 5.41) is 0.919. The quantitative estimate of drug-likeness (QED) is 0.487. The van der Waals surface area contributed by atoms with Gasteiger partial charge in [0.1, 0.15) is 0 Å². The van der Waals surface area contributed by atoms with Crippen LogP contribution in [0.25, 0.3) is 0 Å². The number of hydrogen-bond donors (Lipinski definition) is 0. The molecule has 0 unspecified atom stereocenters. The summed E-state index contributed by atoms with van der Waals surface area (Å²) in [4.78, 5) is 25.5. The van der Waals surface area contributed by atoms with Crippen molar-refractivity contribution >= 4 is 33.3 Å². The number of hydrogen-bond acceptors (Lipinski definition) is 2. The van der Waals surface area contributed by atoms with Crippen molar-refractivity contribution in [2.45, 2.75) is 26.7 Å². The maximum atomic E-state index is 12.0. The van der Waals surface area contributed by atoms with Crippen LogP contribution >= 0.6 is 15.9 Å². The molecule has 3 nitrogen and oxygen atoms in total. The molecule has 0 radical (unpaired) electrons. The molecule has 0 saturated carbocycles. The van der Waals surface area contributed by atoms with Crippen LogP contribution in [0.3, 0.4) is 0 Å². The normalized spacial score (nSPS) is 14.3. The first-order valence-electron chi connectivity index (χ1n) is 6.10. The minimum atomic E-state index is -0.381. The molecule has 0 aromatic heterocycles. The molecule has 0 atom stereocenters. The zero-order valence-corrected chi connectivity index (χ0v) is 12.2. The molecule has 1 heterocycles. The number of alkyl halides is 1. The summed E-state index contributed by atoms with van der Waals surface area (Å²) in [5.74, 6) is -0.750. The Balaban J connectivity index is 2.37. The number of Topliss-reactive ketones (excluding diaryl/α,β-unsaturated/α-hetero) is 1. The predicted molar refractivity (Wildman–Crippen MR) is 75.6 cm³/mol. The van der Waals surface area contributed by atoms with Gasteiger partial charge in [-0.15, -0.1) is 0 Å². The Bertz CT molecular complexity index is 511. The van der Waals surface area contributed by atoms with Crippen molar-refractivity contribution in [3.63, 3.8) is 0 Å². The number of ketones is 1. The van der Waals surface area contributed by atoms with Gasteiger partial charge in [-0.05, 0) is 43.9 Å². The van der Waals surface area contributed by atoms with E-state index in [1.807, 2.05) is 19.9 Å². The van der Waals surface area contributed by atoms with Gasteiger partial charge in [0, 0.05) is 11.9 Å². The van der Waals surface area contributed by atoms with E-state index in [4.69, 9.17) is 0 Å². The van der Waals surface area contributed by atoms with Gasteiger partial charge in [-0.25, -0.2) is 0 Å².